The van der Waals surface area contributed by atoms with E-state index in [0.717, 1.165) is 22.8 Å². The molecule has 1 atom stereocenters. The number of furan rings is 1. The third kappa shape index (κ3) is 3.24. The van der Waals surface area contributed by atoms with Crippen LogP contribution in [0.1, 0.15) is 42.5 Å². The summed E-state index contributed by atoms with van der Waals surface area (Å²) in [5.41, 5.74) is 1.73. The fourth-order valence-electron chi connectivity index (χ4n) is 3.60. The Balaban J connectivity index is 1.75. The molecule has 1 aliphatic heterocycles. The van der Waals surface area contributed by atoms with Gasteiger partial charge in [-0.15, -0.1) is 0 Å². The van der Waals surface area contributed by atoms with Gasteiger partial charge in [0.15, 0.2) is 0 Å². The number of fused-ring (bicyclic) bond motifs is 1. The van der Waals surface area contributed by atoms with Crippen LogP contribution >= 0.6 is 0 Å². The Hall–Kier alpha value is -3.21. The first kappa shape index (κ1) is 18.2. The smallest absolute Gasteiger partial charge is 0.258 e. The molecule has 144 valence electrons. The number of hydrogen-bond donors (Lipinski definition) is 1. The lowest BCUT2D eigenvalue weighted by molar-refractivity contribution is 0.0487. The van der Waals surface area contributed by atoms with Crippen molar-refractivity contribution in [3.8, 4) is 5.75 Å². The number of nitrogens with zero attached hydrogens (tertiary/aromatic N) is 1. The Kier molecular flexibility index (Phi) is 4.59. The van der Waals surface area contributed by atoms with Crippen LogP contribution in [0.15, 0.2) is 71.3 Å². The van der Waals surface area contributed by atoms with Gasteiger partial charge in [0.25, 0.3) is 5.91 Å². The Bertz CT molecular complexity index is 964. The van der Waals surface area contributed by atoms with E-state index in [4.69, 9.17) is 9.15 Å². The highest BCUT2D eigenvalue weighted by Gasteiger charge is 2.42. The van der Waals surface area contributed by atoms with E-state index in [0.29, 0.717) is 12.1 Å². The molecule has 0 saturated carbocycles. The molecule has 1 unspecified atom stereocenters. The highest BCUT2D eigenvalue weighted by molar-refractivity contribution is 6.02. The second kappa shape index (κ2) is 7.08. The van der Waals surface area contributed by atoms with Crippen molar-refractivity contribution >= 4 is 11.6 Å². The number of carbonyl (C=O) groups is 1. The zero-order valence-electron chi connectivity index (χ0n) is 16.3. The van der Waals surface area contributed by atoms with Crippen LogP contribution in [0.2, 0.25) is 0 Å². The molecule has 28 heavy (non-hydrogen) atoms. The number of para-hydroxylation sites is 1. The standard InChI is InChI=1S/C23H24N2O3/c1-16(2)28-18-12-10-17(11-13-18)23(3)24-21-9-5-4-8-20(21)22(26)25(23)15-19-7-6-14-27-19/h4-14,16,24H,15H2,1-3H3. The van der Waals surface area contributed by atoms with Crippen molar-refractivity contribution in [1.82, 2.24) is 4.90 Å². The van der Waals surface area contributed by atoms with Gasteiger partial charge in [-0.3, -0.25) is 4.79 Å². The summed E-state index contributed by atoms with van der Waals surface area (Å²) in [4.78, 5) is 15.2. The summed E-state index contributed by atoms with van der Waals surface area (Å²) in [6, 6.07) is 19.2. The molecule has 0 fully saturated rings. The average molecular weight is 376 g/mol. The van der Waals surface area contributed by atoms with E-state index in [2.05, 4.69) is 5.32 Å². The molecule has 0 radical (unpaired) electrons. The number of rotatable bonds is 5. The van der Waals surface area contributed by atoms with Crippen molar-refractivity contribution in [2.24, 2.45) is 0 Å². The number of amides is 1. The first-order chi connectivity index (χ1) is 13.5. The molecule has 2 heterocycles. The first-order valence-corrected chi connectivity index (χ1v) is 9.46. The molecule has 1 amide bonds. The first-order valence-electron chi connectivity index (χ1n) is 9.46. The SMILES string of the molecule is CC(C)Oc1ccc(C2(C)Nc3ccccc3C(=O)N2Cc2ccco2)cc1. The highest BCUT2D eigenvalue weighted by Crippen LogP contribution is 2.39. The Labute approximate surface area is 164 Å². The van der Waals surface area contributed by atoms with E-state index in [1.807, 2.05) is 86.3 Å². The topological polar surface area (TPSA) is 54.7 Å². The minimum atomic E-state index is -0.728. The summed E-state index contributed by atoms with van der Waals surface area (Å²) in [7, 11) is 0. The van der Waals surface area contributed by atoms with E-state index in [9.17, 15) is 4.79 Å². The summed E-state index contributed by atoms with van der Waals surface area (Å²) in [5, 5.41) is 3.57. The van der Waals surface area contributed by atoms with Gasteiger partial charge in [-0.25, -0.2) is 0 Å². The highest BCUT2D eigenvalue weighted by atomic mass is 16.5. The molecular formula is C23H24N2O3. The van der Waals surface area contributed by atoms with Crippen LogP contribution in [0, 0.1) is 0 Å². The van der Waals surface area contributed by atoms with Gasteiger partial charge >= 0.3 is 0 Å². The lowest BCUT2D eigenvalue weighted by atomic mass is 9.93. The van der Waals surface area contributed by atoms with Gasteiger partial charge in [0.2, 0.25) is 0 Å². The number of ether oxygens (including phenoxy) is 1. The van der Waals surface area contributed by atoms with Crippen LogP contribution in [-0.2, 0) is 12.2 Å². The number of carbonyl (C=O) groups excluding carboxylic acids is 1. The van der Waals surface area contributed by atoms with Crippen LogP contribution in [-0.4, -0.2) is 16.9 Å². The molecule has 0 bridgehead atoms. The largest absolute Gasteiger partial charge is 0.491 e. The molecule has 5 heteroatoms. The predicted octanol–water partition coefficient (Wildman–Crippen LogP) is 5.01. The average Bonchev–Trinajstić information content (AvgIpc) is 3.18. The summed E-state index contributed by atoms with van der Waals surface area (Å²) >= 11 is 0. The van der Waals surface area contributed by atoms with Crippen molar-refractivity contribution in [2.45, 2.75) is 39.1 Å². The molecule has 4 rings (SSSR count). The summed E-state index contributed by atoms with van der Waals surface area (Å²) < 4.78 is 11.3. The Morgan fingerprint density at radius 2 is 1.82 bits per heavy atom. The molecule has 0 spiro atoms. The third-order valence-electron chi connectivity index (χ3n) is 5.00. The number of benzene rings is 2. The van der Waals surface area contributed by atoms with Gasteiger partial charge in [-0.05, 0) is 62.7 Å². The van der Waals surface area contributed by atoms with Crippen molar-refractivity contribution in [2.75, 3.05) is 5.32 Å². The molecule has 3 aromatic rings. The maximum Gasteiger partial charge on any atom is 0.258 e. The summed E-state index contributed by atoms with van der Waals surface area (Å²) in [6.07, 6.45) is 1.73. The van der Waals surface area contributed by atoms with Gasteiger partial charge in [0.1, 0.15) is 17.2 Å². The predicted molar refractivity (Wildman–Crippen MR) is 108 cm³/mol. The van der Waals surface area contributed by atoms with Crippen molar-refractivity contribution < 1.29 is 13.9 Å². The second-order valence-corrected chi connectivity index (χ2v) is 7.40. The van der Waals surface area contributed by atoms with Gasteiger partial charge in [-0.1, -0.05) is 24.3 Å². The number of hydrogen-bond acceptors (Lipinski definition) is 4. The minimum Gasteiger partial charge on any atom is -0.491 e. The maximum absolute atomic E-state index is 13.4. The van der Waals surface area contributed by atoms with Crippen molar-refractivity contribution in [3.05, 3.63) is 83.8 Å². The van der Waals surface area contributed by atoms with E-state index in [1.165, 1.54) is 0 Å². The van der Waals surface area contributed by atoms with Crippen molar-refractivity contribution in [3.63, 3.8) is 0 Å². The van der Waals surface area contributed by atoms with E-state index < -0.39 is 5.66 Å². The fourth-order valence-corrected chi connectivity index (χ4v) is 3.60. The van der Waals surface area contributed by atoms with E-state index in [1.54, 1.807) is 6.26 Å². The Morgan fingerprint density at radius 3 is 2.50 bits per heavy atom. The van der Waals surface area contributed by atoms with E-state index >= 15 is 0 Å². The van der Waals surface area contributed by atoms with Crippen LogP contribution in [0.3, 0.4) is 0 Å². The molecular weight excluding hydrogens is 352 g/mol. The molecule has 1 aromatic heterocycles. The van der Waals surface area contributed by atoms with Crippen molar-refractivity contribution in [1.29, 1.82) is 0 Å². The van der Waals surface area contributed by atoms with E-state index in [-0.39, 0.29) is 12.0 Å². The zero-order chi connectivity index (χ0) is 19.7. The molecule has 1 aliphatic rings. The quantitative estimate of drug-likeness (QED) is 0.680. The van der Waals surface area contributed by atoms with Crippen LogP contribution in [0.5, 0.6) is 5.75 Å². The lowest BCUT2D eigenvalue weighted by Crippen LogP contribution is -2.55. The lowest BCUT2D eigenvalue weighted by Gasteiger charge is -2.46. The monoisotopic (exact) mass is 376 g/mol. The number of nitrogens with one attached hydrogen (secondary N) is 1. The molecule has 0 aliphatic carbocycles. The number of anilines is 1. The summed E-state index contributed by atoms with van der Waals surface area (Å²) in [5.74, 6) is 1.51. The van der Waals surface area contributed by atoms with Crippen LogP contribution in [0.4, 0.5) is 5.69 Å². The van der Waals surface area contributed by atoms with Crippen LogP contribution < -0.4 is 10.1 Å². The molecule has 1 N–H and O–H groups in total. The van der Waals surface area contributed by atoms with Crippen LogP contribution in [0.25, 0.3) is 0 Å². The zero-order valence-corrected chi connectivity index (χ0v) is 16.3. The second-order valence-electron chi connectivity index (χ2n) is 7.40. The summed E-state index contributed by atoms with van der Waals surface area (Å²) in [6.45, 7) is 6.38. The Morgan fingerprint density at radius 1 is 1.07 bits per heavy atom. The third-order valence-corrected chi connectivity index (χ3v) is 5.00. The van der Waals surface area contributed by atoms with Gasteiger partial charge in [-0.2, -0.15) is 0 Å². The van der Waals surface area contributed by atoms with Gasteiger partial charge in [0.05, 0.1) is 24.5 Å². The molecule has 2 aromatic carbocycles. The molecule has 0 saturated heterocycles. The molecule has 5 nitrogen and oxygen atoms in total. The van der Waals surface area contributed by atoms with Gasteiger partial charge < -0.3 is 19.4 Å². The maximum atomic E-state index is 13.4. The normalized spacial score (nSPS) is 18.7. The van der Waals surface area contributed by atoms with Gasteiger partial charge in [0, 0.05) is 5.69 Å². The minimum absolute atomic E-state index is 0.0317. The fraction of sp³-hybridized carbons (Fsp3) is 0.261.